The third-order valence-electron chi connectivity index (χ3n) is 5.47. The Morgan fingerprint density at radius 2 is 1.72 bits per heavy atom. The van der Waals surface area contributed by atoms with Crippen LogP contribution in [0.1, 0.15) is 18.9 Å². The normalized spacial score (nSPS) is 15.0. The predicted molar refractivity (Wildman–Crippen MR) is 122 cm³/mol. The van der Waals surface area contributed by atoms with Gasteiger partial charge in [0.25, 0.3) is 0 Å². The minimum Gasteiger partial charge on any atom is -0.369 e. The molecule has 6 heteroatoms. The molecule has 1 aromatic heterocycles. The molecule has 0 spiro atoms. The van der Waals surface area contributed by atoms with Crippen LogP contribution < -0.4 is 4.90 Å². The highest BCUT2D eigenvalue weighted by Gasteiger charge is 2.19. The lowest BCUT2D eigenvalue weighted by atomic mass is 10.1. The number of hydrogen-bond donors (Lipinski definition) is 0. The Hall–Kier alpha value is -2.44. The molecule has 1 fully saturated rings. The molecular weight excluding hydrogens is 378 g/mol. The summed E-state index contributed by atoms with van der Waals surface area (Å²) < 4.78 is 5.00. The van der Waals surface area contributed by atoms with Crippen LogP contribution in [0.15, 0.2) is 54.6 Å². The second kappa shape index (κ2) is 8.93. The second-order valence-electron chi connectivity index (χ2n) is 7.71. The molecule has 0 amide bonds. The molecule has 1 aliphatic rings. The van der Waals surface area contributed by atoms with Crippen LogP contribution in [0.25, 0.3) is 11.4 Å². The number of anilines is 1. The molecule has 0 atom stereocenters. The summed E-state index contributed by atoms with van der Waals surface area (Å²) in [4.78, 5) is 4.89. The van der Waals surface area contributed by atoms with E-state index in [1.165, 1.54) is 11.3 Å². The van der Waals surface area contributed by atoms with Gasteiger partial charge in [-0.05, 0) is 43.8 Å². The largest absolute Gasteiger partial charge is 0.369 e. The van der Waals surface area contributed by atoms with Crippen molar-refractivity contribution in [3.63, 3.8) is 0 Å². The molecule has 2 heterocycles. The molecule has 4 rings (SSSR count). The van der Waals surface area contributed by atoms with Gasteiger partial charge < -0.3 is 4.90 Å². The average molecular weight is 408 g/mol. The van der Waals surface area contributed by atoms with Gasteiger partial charge in [0, 0.05) is 44.0 Å². The van der Waals surface area contributed by atoms with Crippen LogP contribution in [-0.4, -0.2) is 45.4 Å². The van der Waals surface area contributed by atoms with Crippen LogP contribution in [0.2, 0.25) is 0 Å². The van der Waals surface area contributed by atoms with Gasteiger partial charge in [0.15, 0.2) is 10.6 Å². The van der Waals surface area contributed by atoms with Crippen LogP contribution >= 0.6 is 12.2 Å². The Morgan fingerprint density at radius 3 is 2.41 bits per heavy atom. The van der Waals surface area contributed by atoms with Crippen LogP contribution in [0.5, 0.6) is 0 Å². The van der Waals surface area contributed by atoms with Crippen LogP contribution in [0.3, 0.4) is 0 Å². The minimum atomic E-state index is 0.747. The first-order valence-electron chi connectivity index (χ1n) is 10.4. The smallest absolute Gasteiger partial charge is 0.199 e. The number of nitrogens with zero attached hydrogens (tertiary/aromatic N) is 5. The lowest BCUT2D eigenvalue weighted by Gasteiger charge is -2.35. The van der Waals surface area contributed by atoms with E-state index in [-0.39, 0.29) is 0 Å². The van der Waals surface area contributed by atoms with Gasteiger partial charge in [0.2, 0.25) is 0 Å². The quantitative estimate of drug-likeness (QED) is 0.560. The molecule has 0 saturated carbocycles. The lowest BCUT2D eigenvalue weighted by molar-refractivity contribution is 0.194. The van der Waals surface area contributed by atoms with Crippen molar-refractivity contribution in [2.45, 2.75) is 33.5 Å². The number of aryl methyl sites for hydroxylation is 1. The Labute approximate surface area is 178 Å². The Balaban J connectivity index is 1.51. The Bertz CT molecular complexity index is 1000. The maximum Gasteiger partial charge on any atom is 0.199 e. The van der Waals surface area contributed by atoms with Gasteiger partial charge >= 0.3 is 0 Å². The highest BCUT2D eigenvalue weighted by atomic mass is 32.1. The van der Waals surface area contributed by atoms with Crippen molar-refractivity contribution >= 4 is 17.9 Å². The number of aromatic nitrogens is 3. The van der Waals surface area contributed by atoms with Crippen molar-refractivity contribution in [3.05, 3.63) is 64.9 Å². The van der Waals surface area contributed by atoms with E-state index in [9.17, 15) is 0 Å². The summed E-state index contributed by atoms with van der Waals surface area (Å²) >= 11 is 5.81. The lowest BCUT2D eigenvalue weighted by Crippen LogP contribution is -2.47. The maximum atomic E-state index is 5.81. The summed E-state index contributed by atoms with van der Waals surface area (Å²) in [6.45, 7) is 10.0. The molecule has 3 aromatic rings. The molecular formula is C23H29N5S. The van der Waals surface area contributed by atoms with Crippen molar-refractivity contribution in [2.75, 3.05) is 31.1 Å². The average Bonchev–Trinajstić information content (AvgIpc) is 3.05. The molecule has 0 radical (unpaired) electrons. The summed E-state index contributed by atoms with van der Waals surface area (Å²) in [5.74, 6) is 0.975. The van der Waals surface area contributed by atoms with Crippen molar-refractivity contribution in [2.24, 2.45) is 0 Å². The number of benzene rings is 2. The Morgan fingerprint density at radius 1 is 0.966 bits per heavy atom. The number of hydrogen-bond acceptors (Lipinski definition) is 4. The van der Waals surface area contributed by atoms with E-state index < -0.39 is 0 Å². The van der Waals surface area contributed by atoms with Gasteiger partial charge in [-0.2, -0.15) is 5.10 Å². The molecule has 0 unspecified atom stereocenters. The van der Waals surface area contributed by atoms with E-state index in [0.29, 0.717) is 0 Å². The van der Waals surface area contributed by atoms with Crippen molar-refractivity contribution in [3.8, 4) is 11.4 Å². The molecule has 0 aliphatic carbocycles. The van der Waals surface area contributed by atoms with Crippen LogP contribution in [-0.2, 0) is 13.2 Å². The second-order valence-corrected chi connectivity index (χ2v) is 8.07. The molecule has 0 N–H and O–H groups in total. The van der Waals surface area contributed by atoms with Crippen molar-refractivity contribution < 1.29 is 0 Å². The monoisotopic (exact) mass is 407 g/mol. The van der Waals surface area contributed by atoms with E-state index in [4.69, 9.17) is 17.3 Å². The fraction of sp³-hybridized carbons (Fsp3) is 0.391. The summed E-state index contributed by atoms with van der Waals surface area (Å²) in [6.07, 6.45) is 1.04. The van der Waals surface area contributed by atoms with Gasteiger partial charge in [-0.3, -0.25) is 9.47 Å². The predicted octanol–water partition coefficient (Wildman–Crippen LogP) is 4.58. The zero-order valence-electron chi connectivity index (χ0n) is 17.3. The molecule has 29 heavy (non-hydrogen) atoms. The van der Waals surface area contributed by atoms with Crippen molar-refractivity contribution in [1.29, 1.82) is 0 Å². The first-order valence-corrected chi connectivity index (χ1v) is 10.8. The third-order valence-corrected chi connectivity index (χ3v) is 5.91. The topological polar surface area (TPSA) is 29.2 Å². The standard InChI is InChI=1S/C23H29N5S/c1-3-12-27-22(20-9-7-8-19(2)17-20)24-28(23(27)29)18-25-13-15-26(16-14-25)21-10-5-4-6-11-21/h4-11,17H,3,12-16,18H2,1-2H3. The Kier molecular flexibility index (Phi) is 6.11. The molecule has 152 valence electrons. The van der Waals surface area contributed by atoms with Crippen LogP contribution in [0.4, 0.5) is 5.69 Å². The van der Waals surface area contributed by atoms with Gasteiger partial charge in [0.1, 0.15) is 0 Å². The fourth-order valence-corrected chi connectivity index (χ4v) is 4.21. The van der Waals surface area contributed by atoms with E-state index in [1.807, 2.05) is 4.68 Å². The van der Waals surface area contributed by atoms with E-state index in [1.54, 1.807) is 0 Å². The van der Waals surface area contributed by atoms with Gasteiger partial charge in [0.05, 0.1) is 6.67 Å². The summed E-state index contributed by atoms with van der Waals surface area (Å²) in [7, 11) is 0. The highest BCUT2D eigenvalue weighted by molar-refractivity contribution is 7.71. The summed E-state index contributed by atoms with van der Waals surface area (Å²) in [5, 5.41) is 4.93. The first-order chi connectivity index (χ1) is 14.2. The zero-order chi connectivity index (χ0) is 20.2. The maximum absolute atomic E-state index is 5.81. The van der Waals surface area contributed by atoms with Gasteiger partial charge in [-0.1, -0.05) is 48.9 Å². The van der Waals surface area contributed by atoms with E-state index in [0.717, 1.165) is 62.0 Å². The summed E-state index contributed by atoms with van der Waals surface area (Å²) in [6, 6.07) is 19.2. The summed E-state index contributed by atoms with van der Waals surface area (Å²) in [5.41, 5.74) is 3.68. The first kappa shape index (κ1) is 19.9. The molecule has 2 aromatic carbocycles. The molecule has 0 bridgehead atoms. The van der Waals surface area contributed by atoms with E-state index in [2.05, 4.69) is 82.8 Å². The minimum absolute atomic E-state index is 0.747. The SMILES string of the molecule is CCCn1c(-c2cccc(C)c2)nn(CN2CCN(c3ccccc3)CC2)c1=S. The zero-order valence-corrected chi connectivity index (χ0v) is 18.1. The number of rotatable bonds is 6. The third kappa shape index (κ3) is 4.43. The van der Waals surface area contributed by atoms with Crippen molar-refractivity contribution in [1.82, 2.24) is 19.2 Å². The van der Waals surface area contributed by atoms with Crippen LogP contribution in [0, 0.1) is 11.7 Å². The number of para-hydroxylation sites is 1. The van der Waals surface area contributed by atoms with Gasteiger partial charge in [-0.25, -0.2) is 4.68 Å². The van der Waals surface area contributed by atoms with E-state index >= 15 is 0 Å². The fourth-order valence-electron chi connectivity index (χ4n) is 3.93. The molecule has 5 nitrogen and oxygen atoms in total. The van der Waals surface area contributed by atoms with Gasteiger partial charge in [-0.15, -0.1) is 0 Å². The molecule has 1 saturated heterocycles. The number of piperazine rings is 1. The highest BCUT2D eigenvalue weighted by Crippen LogP contribution is 2.21. The molecule has 1 aliphatic heterocycles.